The Labute approximate surface area is 173 Å². The van der Waals surface area contributed by atoms with Crippen LogP contribution < -0.4 is 20.3 Å². The van der Waals surface area contributed by atoms with Gasteiger partial charge in [-0.05, 0) is 36.6 Å². The van der Waals surface area contributed by atoms with Crippen LogP contribution in [-0.4, -0.2) is 51.4 Å². The van der Waals surface area contributed by atoms with Gasteiger partial charge in [-0.1, -0.05) is 12.1 Å². The Kier molecular flexibility index (Phi) is 8.12. The average Bonchev–Trinajstić information content (AvgIpc) is 3.30. The van der Waals surface area contributed by atoms with Crippen molar-refractivity contribution in [3.05, 3.63) is 48.2 Å². The molecule has 156 valence electrons. The van der Waals surface area contributed by atoms with Crippen LogP contribution >= 0.6 is 0 Å². The minimum Gasteiger partial charge on any atom is -0.493 e. The fourth-order valence-corrected chi connectivity index (χ4v) is 3.21. The molecule has 2 heterocycles. The first kappa shape index (κ1) is 20.9. The topological polar surface area (TPSA) is 71.0 Å². The van der Waals surface area contributed by atoms with Crippen molar-refractivity contribution >= 4 is 17.5 Å². The van der Waals surface area contributed by atoms with Crippen molar-refractivity contribution in [3.63, 3.8) is 0 Å². The van der Waals surface area contributed by atoms with Crippen LogP contribution in [0.3, 0.4) is 0 Å². The van der Waals surface area contributed by atoms with Crippen molar-refractivity contribution < 1.29 is 9.47 Å². The third kappa shape index (κ3) is 6.64. The van der Waals surface area contributed by atoms with Gasteiger partial charge in [0.05, 0.1) is 6.61 Å². The quantitative estimate of drug-likeness (QED) is 0.384. The number of aromatic nitrogens is 1. The first-order chi connectivity index (χ1) is 14.3. The van der Waals surface area contributed by atoms with Crippen molar-refractivity contribution in [2.24, 2.45) is 4.99 Å². The summed E-state index contributed by atoms with van der Waals surface area (Å²) < 4.78 is 10.8. The molecule has 0 saturated carbocycles. The Morgan fingerprint density at radius 3 is 2.76 bits per heavy atom. The second kappa shape index (κ2) is 11.3. The van der Waals surface area contributed by atoms with Crippen molar-refractivity contribution in [2.75, 3.05) is 50.7 Å². The number of anilines is 2. The highest BCUT2D eigenvalue weighted by molar-refractivity contribution is 5.93. The highest BCUT2D eigenvalue weighted by Crippen LogP contribution is 2.18. The summed E-state index contributed by atoms with van der Waals surface area (Å²) in [6.07, 6.45) is 5.31. The third-order valence-corrected chi connectivity index (χ3v) is 4.78. The monoisotopic (exact) mass is 397 g/mol. The molecule has 1 aliphatic rings. The van der Waals surface area contributed by atoms with E-state index in [1.54, 1.807) is 14.2 Å². The maximum absolute atomic E-state index is 5.75. The number of benzene rings is 1. The summed E-state index contributed by atoms with van der Waals surface area (Å²) in [5.41, 5.74) is 2.04. The number of hydrogen-bond donors (Lipinski definition) is 2. The summed E-state index contributed by atoms with van der Waals surface area (Å²) in [5.74, 6) is 2.59. The van der Waals surface area contributed by atoms with E-state index < -0.39 is 0 Å². The first-order valence-corrected chi connectivity index (χ1v) is 10.2. The van der Waals surface area contributed by atoms with Crippen LogP contribution in [0, 0.1) is 0 Å². The highest BCUT2D eigenvalue weighted by Gasteiger charge is 2.13. The normalized spacial score (nSPS) is 14.1. The molecule has 0 radical (unpaired) electrons. The van der Waals surface area contributed by atoms with Crippen LogP contribution in [0.4, 0.5) is 11.5 Å². The molecule has 0 unspecified atom stereocenters. The van der Waals surface area contributed by atoms with Gasteiger partial charge in [-0.25, -0.2) is 4.98 Å². The van der Waals surface area contributed by atoms with E-state index in [4.69, 9.17) is 9.47 Å². The van der Waals surface area contributed by atoms with Crippen LogP contribution in [0.15, 0.2) is 47.6 Å². The molecule has 2 aromatic rings. The zero-order valence-corrected chi connectivity index (χ0v) is 17.4. The van der Waals surface area contributed by atoms with Gasteiger partial charge >= 0.3 is 0 Å². The summed E-state index contributed by atoms with van der Waals surface area (Å²) >= 11 is 0. The predicted molar refractivity (Wildman–Crippen MR) is 118 cm³/mol. The van der Waals surface area contributed by atoms with E-state index >= 15 is 0 Å². The fraction of sp³-hybridized carbons (Fsp3) is 0.455. The number of pyridine rings is 1. The van der Waals surface area contributed by atoms with E-state index in [-0.39, 0.29) is 0 Å². The first-order valence-electron chi connectivity index (χ1n) is 10.2. The van der Waals surface area contributed by atoms with E-state index in [0.29, 0.717) is 25.7 Å². The second-order valence-corrected chi connectivity index (χ2v) is 6.99. The Bertz CT molecular complexity index is 773. The lowest BCUT2D eigenvalue weighted by atomic mass is 10.2. The molecule has 29 heavy (non-hydrogen) atoms. The lowest BCUT2D eigenvalue weighted by Crippen LogP contribution is -2.30. The lowest BCUT2D eigenvalue weighted by molar-refractivity contribution is 0.172. The van der Waals surface area contributed by atoms with Gasteiger partial charge in [-0.2, -0.15) is 0 Å². The van der Waals surface area contributed by atoms with Gasteiger partial charge in [0.1, 0.15) is 11.6 Å². The number of hydrogen-bond acceptors (Lipinski definition) is 5. The second-order valence-electron chi connectivity index (χ2n) is 6.99. The number of rotatable bonds is 9. The van der Waals surface area contributed by atoms with Crippen molar-refractivity contribution in [1.29, 1.82) is 0 Å². The van der Waals surface area contributed by atoms with Gasteiger partial charge in [0.15, 0.2) is 5.96 Å². The number of guanidine groups is 1. The van der Waals surface area contributed by atoms with Gasteiger partial charge in [-0.15, -0.1) is 0 Å². The molecule has 1 fully saturated rings. The number of aliphatic imine (C=N–C) groups is 1. The molecular weight excluding hydrogens is 366 g/mol. The molecule has 1 saturated heterocycles. The summed E-state index contributed by atoms with van der Waals surface area (Å²) in [6, 6.07) is 12.1. The van der Waals surface area contributed by atoms with Gasteiger partial charge in [0.25, 0.3) is 0 Å². The summed E-state index contributed by atoms with van der Waals surface area (Å²) in [7, 11) is 3.45. The number of nitrogens with one attached hydrogen (secondary N) is 2. The van der Waals surface area contributed by atoms with E-state index in [1.807, 2.05) is 30.5 Å². The Morgan fingerprint density at radius 2 is 2.03 bits per heavy atom. The van der Waals surface area contributed by atoms with Gasteiger partial charge in [-0.3, -0.25) is 4.99 Å². The lowest BCUT2D eigenvalue weighted by Gasteiger charge is -2.17. The van der Waals surface area contributed by atoms with Crippen LogP contribution in [-0.2, 0) is 11.3 Å². The van der Waals surface area contributed by atoms with Crippen LogP contribution in [0.25, 0.3) is 0 Å². The van der Waals surface area contributed by atoms with Crippen LogP contribution in [0.2, 0.25) is 0 Å². The molecule has 0 atom stereocenters. The Balaban J connectivity index is 1.49. The average molecular weight is 398 g/mol. The van der Waals surface area contributed by atoms with Crippen molar-refractivity contribution in [1.82, 2.24) is 10.3 Å². The molecule has 1 aromatic carbocycles. The van der Waals surface area contributed by atoms with E-state index in [9.17, 15) is 0 Å². The Hall–Kier alpha value is -2.80. The summed E-state index contributed by atoms with van der Waals surface area (Å²) in [4.78, 5) is 11.2. The molecule has 2 N–H and O–H groups in total. The molecule has 1 aromatic heterocycles. The smallest absolute Gasteiger partial charge is 0.195 e. The van der Waals surface area contributed by atoms with Gasteiger partial charge in [0, 0.05) is 64.8 Å². The van der Waals surface area contributed by atoms with E-state index in [1.165, 1.54) is 12.8 Å². The molecule has 0 amide bonds. The maximum Gasteiger partial charge on any atom is 0.195 e. The zero-order valence-electron chi connectivity index (χ0n) is 17.4. The van der Waals surface area contributed by atoms with Gasteiger partial charge < -0.3 is 25.0 Å². The minimum atomic E-state index is 0.630. The molecule has 3 rings (SSSR count). The van der Waals surface area contributed by atoms with E-state index in [0.717, 1.165) is 42.3 Å². The highest BCUT2D eigenvalue weighted by atomic mass is 16.5. The molecule has 1 aliphatic heterocycles. The molecule has 7 nitrogen and oxygen atoms in total. The third-order valence-electron chi connectivity index (χ3n) is 4.78. The van der Waals surface area contributed by atoms with Gasteiger partial charge in [0.2, 0.25) is 0 Å². The molecule has 7 heteroatoms. The van der Waals surface area contributed by atoms with Crippen molar-refractivity contribution in [2.45, 2.75) is 25.8 Å². The molecule has 0 bridgehead atoms. The summed E-state index contributed by atoms with van der Waals surface area (Å²) in [6.45, 7) is 4.19. The predicted octanol–water partition coefficient (Wildman–Crippen LogP) is 3.28. The largest absolute Gasteiger partial charge is 0.493 e. The molecule has 0 spiro atoms. The fourth-order valence-electron chi connectivity index (χ4n) is 3.21. The molecule has 0 aliphatic carbocycles. The van der Waals surface area contributed by atoms with E-state index in [2.05, 4.69) is 37.6 Å². The molecular formula is C22H31N5O2. The van der Waals surface area contributed by atoms with Crippen LogP contribution in [0.1, 0.15) is 24.8 Å². The number of nitrogens with zero attached hydrogens (tertiary/aromatic N) is 3. The zero-order chi connectivity index (χ0) is 20.3. The van der Waals surface area contributed by atoms with Crippen molar-refractivity contribution in [3.8, 4) is 5.75 Å². The SMILES string of the molecule is CN=C(NCc1ccc(N2CCCC2)nc1)Nc1cccc(OCCCOC)c1. The minimum absolute atomic E-state index is 0.630. The number of ether oxygens (including phenoxy) is 2. The van der Waals surface area contributed by atoms with Crippen LogP contribution in [0.5, 0.6) is 5.75 Å². The number of methoxy groups -OCH3 is 1. The standard InChI is InChI=1S/C22H31N5O2/c1-23-22(26-19-7-5-8-20(15-19)29-14-6-13-28-2)25-17-18-9-10-21(24-16-18)27-11-3-4-12-27/h5,7-10,15-16H,3-4,6,11-14,17H2,1-2H3,(H2,23,25,26). The Morgan fingerprint density at radius 1 is 1.17 bits per heavy atom. The summed E-state index contributed by atoms with van der Waals surface area (Å²) in [5, 5.41) is 6.63. The maximum atomic E-state index is 5.75.